The Morgan fingerprint density at radius 2 is 1.88 bits per heavy atom. The molecule has 6 nitrogen and oxygen atoms in total. The smallest absolute Gasteiger partial charge is 0.258 e. The summed E-state index contributed by atoms with van der Waals surface area (Å²) in [5, 5.41) is 0.814. The lowest BCUT2D eigenvalue weighted by Crippen LogP contribution is -2.19. The van der Waals surface area contributed by atoms with Crippen molar-refractivity contribution in [3.05, 3.63) is 52.2 Å². The van der Waals surface area contributed by atoms with Gasteiger partial charge in [-0.05, 0) is 24.6 Å². The Balaban J connectivity index is 0.00000225. The zero-order valence-electron chi connectivity index (χ0n) is 14.2. The fourth-order valence-corrected chi connectivity index (χ4v) is 2.74. The van der Waals surface area contributed by atoms with Crippen LogP contribution in [0.25, 0.3) is 22.0 Å². The average Bonchev–Trinajstić information content (AvgIpc) is 2.58. The molecular formula is C18H19ClN4O2. The van der Waals surface area contributed by atoms with Gasteiger partial charge in [-0.15, -0.1) is 12.4 Å². The third kappa shape index (κ3) is 3.25. The Bertz CT molecular complexity index is 1030. The Morgan fingerprint density at radius 3 is 2.52 bits per heavy atom. The number of carbonyl (C=O) groups excluding carboxylic acids is 1. The summed E-state index contributed by atoms with van der Waals surface area (Å²) in [6.45, 7) is 3.67. The standard InChI is InChI=1S/C18H18N4O2.ClH/c1-4-16(23)14-5-10(2)13(9-20-14)12-6-11-8-21-17(19)7-15(11)22(3)18(12)24;/h5-9H,4H2,1-3H3,(H2,19,21);1H. The van der Waals surface area contributed by atoms with Gasteiger partial charge in [-0.2, -0.15) is 0 Å². The van der Waals surface area contributed by atoms with E-state index in [1.165, 1.54) is 0 Å². The van der Waals surface area contributed by atoms with Crippen LogP contribution in [0.4, 0.5) is 5.82 Å². The lowest BCUT2D eigenvalue weighted by Gasteiger charge is -2.11. The van der Waals surface area contributed by atoms with Crippen LogP contribution < -0.4 is 11.3 Å². The molecule has 7 heteroatoms. The van der Waals surface area contributed by atoms with Crippen molar-refractivity contribution in [1.29, 1.82) is 0 Å². The number of nitrogens with zero attached hydrogens (tertiary/aromatic N) is 3. The number of aryl methyl sites for hydroxylation is 2. The quantitative estimate of drug-likeness (QED) is 0.727. The zero-order chi connectivity index (χ0) is 17.4. The molecule has 0 saturated carbocycles. The molecule has 0 radical (unpaired) electrons. The van der Waals surface area contributed by atoms with Crippen molar-refractivity contribution < 1.29 is 4.79 Å². The minimum atomic E-state index is -0.146. The third-order valence-electron chi connectivity index (χ3n) is 4.14. The number of rotatable bonds is 3. The molecule has 0 fully saturated rings. The topological polar surface area (TPSA) is 90.9 Å². The molecule has 0 spiro atoms. The molecule has 3 heterocycles. The second-order valence-electron chi connectivity index (χ2n) is 5.75. The van der Waals surface area contributed by atoms with Crippen molar-refractivity contribution >= 4 is 34.9 Å². The molecule has 0 saturated heterocycles. The molecule has 0 aromatic carbocycles. The summed E-state index contributed by atoms with van der Waals surface area (Å²) < 4.78 is 1.55. The van der Waals surface area contributed by atoms with E-state index in [1.54, 1.807) is 49.1 Å². The van der Waals surface area contributed by atoms with Gasteiger partial charge < -0.3 is 10.3 Å². The summed E-state index contributed by atoms with van der Waals surface area (Å²) in [6, 6.07) is 5.19. The largest absolute Gasteiger partial charge is 0.384 e. The van der Waals surface area contributed by atoms with Crippen LogP contribution in [-0.2, 0) is 7.05 Å². The van der Waals surface area contributed by atoms with Crippen molar-refractivity contribution in [2.75, 3.05) is 5.73 Å². The lowest BCUT2D eigenvalue weighted by molar-refractivity contribution is 0.0983. The predicted molar refractivity (Wildman–Crippen MR) is 101 cm³/mol. The van der Waals surface area contributed by atoms with E-state index in [9.17, 15) is 9.59 Å². The molecule has 130 valence electrons. The molecular weight excluding hydrogens is 340 g/mol. The van der Waals surface area contributed by atoms with Gasteiger partial charge in [-0.25, -0.2) is 4.98 Å². The van der Waals surface area contributed by atoms with E-state index in [4.69, 9.17) is 5.73 Å². The van der Waals surface area contributed by atoms with Crippen molar-refractivity contribution in [1.82, 2.24) is 14.5 Å². The predicted octanol–water partition coefficient (Wildman–Crippen LogP) is 2.90. The van der Waals surface area contributed by atoms with E-state index in [0.717, 1.165) is 16.5 Å². The number of fused-ring (bicyclic) bond motifs is 1. The molecule has 0 bridgehead atoms. The van der Waals surface area contributed by atoms with E-state index < -0.39 is 0 Å². The first-order valence-electron chi connectivity index (χ1n) is 7.68. The van der Waals surface area contributed by atoms with Crippen LogP contribution in [0.3, 0.4) is 0 Å². The summed E-state index contributed by atoms with van der Waals surface area (Å²) in [4.78, 5) is 32.8. The lowest BCUT2D eigenvalue weighted by atomic mass is 10.0. The van der Waals surface area contributed by atoms with Gasteiger partial charge >= 0.3 is 0 Å². The average molecular weight is 359 g/mol. The van der Waals surface area contributed by atoms with Crippen LogP contribution in [0, 0.1) is 6.92 Å². The number of Topliss-reactive ketones (excluding diaryl/α,β-unsaturated/α-hetero) is 1. The highest BCUT2D eigenvalue weighted by molar-refractivity contribution is 5.94. The number of ketones is 1. The van der Waals surface area contributed by atoms with E-state index >= 15 is 0 Å². The van der Waals surface area contributed by atoms with Crippen molar-refractivity contribution in [3.63, 3.8) is 0 Å². The Hall–Kier alpha value is -2.73. The number of nitrogens with two attached hydrogens (primary N) is 1. The maximum atomic E-state index is 12.7. The molecule has 0 amide bonds. The Morgan fingerprint density at radius 1 is 1.16 bits per heavy atom. The summed E-state index contributed by atoms with van der Waals surface area (Å²) in [6.07, 6.45) is 3.63. The van der Waals surface area contributed by atoms with Gasteiger partial charge in [-0.1, -0.05) is 6.92 Å². The first-order valence-corrected chi connectivity index (χ1v) is 7.68. The van der Waals surface area contributed by atoms with Gasteiger partial charge in [0, 0.05) is 48.4 Å². The van der Waals surface area contributed by atoms with Gasteiger partial charge in [0.05, 0.1) is 5.52 Å². The minimum Gasteiger partial charge on any atom is -0.384 e. The van der Waals surface area contributed by atoms with E-state index in [-0.39, 0.29) is 23.7 Å². The first-order chi connectivity index (χ1) is 11.4. The Kier molecular flexibility index (Phi) is 5.23. The van der Waals surface area contributed by atoms with Crippen LogP contribution in [0.5, 0.6) is 0 Å². The van der Waals surface area contributed by atoms with E-state index in [0.29, 0.717) is 29.1 Å². The number of aromatic nitrogens is 3. The second kappa shape index (κ2) is 7.03. The molecule has 0 atom stereocenters. The monoisotopic (exact) mass is 358 g/mol. The van der Waals surface area contributed by atoms with Crippen molar-refractivity contribution in [3.8, 4) is 11.1 Å². The highest BCUT2D eigenvalue weighted by atomic mass is 35.5. The molecule has 0 aliphatic heterocycles. The molecule has 3 rings (SSSR count). The number of anilines is 1. The maximum absolute atomic E-state index is 12.7. The van der Waals surface area contributed by atoms with E-state index in [2.05, 4.69) is 9.97 Å². The van der Waals surface area contributed by atoms with E-state index in [1.807, 2.05) is 6.92 Å². The van der Waals surface area contributed by atoms with Gasteiger partial charge in [0.2, 0.25) is 0 Å². The minimum absolute atomic E-state index is 0. The van der Waals surface area contributed by atoms with Crippen molar-refractivity contribution in [2.24, 2.45) is 7.05 Å². The SMILES string of the molecule is CCC(=O)c1cc(C)c(-c2cc3cnc(N)cc3n(C)c2=O)cn1.Cl. The van der Waals surface area contributed by atoms with Gasteiger partial charge in [0.25, 0.3) is 5.56 Å². The summed E-state index contributed by atoms with van der Waals surface area (Å²) in [7, 11) is 1.70. The van der Waals surface area contributed by atoms with Crippen LogP contribution >= 0.6 is 12.4 Å². The highest BCUT2D eigenvalue weighted by Crippen LogP contribution is 2.24. The molecule has 3 aromatic heterocycles. The van der Waals surface area contributed by atoms with Gasteiger partial charge in [0.15, 0.2) is 5.78 Å². The number of hydrogen-bond acceptors (Lipinski definition) is 5. The number of nitrogen functional groups attached to an aromatic ring is 1. The second-order valence-corrected chi connectivity index (χ2v) is 5.75. The molecule has 0 unspecified atom stereocenters. The number of pyridine rings is 3. The maximum Gasteiger partial charge on any atom is 0.258 e. The van der Waals surface area contributed by atoms with Crippen LogP contribution in [0.15, 0.2) is 35.4 Å². The molecule has 25 heavy (non-hydrogen) atoms. The summed E-state index contributed by atoms with van der Waals surface area (Å²) >= 11 is 0. The van der Waals surface area contributed by atoms with Crippen LogP contribution in [0.2, 0.25) is 0 Å². The molecule has 3 aromatic rings. The van der Waals surface area contributed by atoms with Crippen LogP contribution in [-0.4, -0.2) is 20.3 Å². The molecule has 0 aliphatic carbocycles. The number of hydrogen-bond donors (Lipinski definition) is 1. The van der Waals surface area contributed by atoms with Crippen molar-refractivity contribution in [2.45, 2.75) is 20.3 Å². The third-order valence-corrected chi connectivity index (χ3v) is 4.14. The fraction of sp³-hybridized carbons (Fsp3) is 0.222. The highest BCUT2D eigenvalue weighted by Gasteiger charge is 2.14. The fourth-order valence-electron chi connectivity index (χ4n) is 2.74. The molecule has 2 N–H and O–H groups in total. The van der Waals surface area contributed by atoms with Gasteiger partial charge in [-0.3, -0.25) is 14.6 Å². The first kappa shape index (κ1) is 18.6. The number of carbonyl (C=O) groups is 1. The summed E-state index contributed by atoms with van der Waals surface area (Å²) in [5.74, 6) is 0.348. The zero-order valence-corrected chi connectivity index (χ0v) is 15.1. The number of halogens is 1. The van der Waals surface area contributed by atoms with Gasteiger partial charge in [0.1, 0.15) is 11.5 Å². The molecule has 0 aliphatic rings. The summed E-state index contributed by atoms with van der Waals surface area (Å²) in [5.41, 5.74) is 8.77. The Labute approximate surface area is 151 Å². The normalized spacial score (nSPS) is 10.5. The van der Waals surface area contributed by atoms with Crippen LogP contribution in [0.1, 0.15) is 29.4 Å².